The maximum absolute atomic E-state index is 12.6. The zero-order valence-electron chi connectivity index (χ0n) is 15.0. The van der Waals surface area contributed by atoms with Crippen LogP contribution in [0.3, 0.4) is 0 Å². The summed E-state index contributed by atoms with van der Waals surface area (Å²) < 4.78 is 0.705. The summed E-state index contributed by atoms with van der Waals surface area (Å²) in [5, 5.41) is 6.71. The van der Waals surface area contributed by atoms with E-state index in [0.29, 0.717) is 10.2 Å². The molecule has 0 atom stereocenters. The number of nitrogens with one attached hydrogen (secondary N) is 2. The van der Waals surface area contributed by atoms with E-state index in [9.17, 15) is 9.59 Å². The number of rotatable bonds is 5. The fourth-order valence-electron chi connectivity index (χ4n) is 2.37. The minimum atomic E-state index is -0.444. The molecule has 6 nitrogen and oxygen atoms in total. The number of amides is 2. The lowest BCUT2D eigenvalue weighted by molar-refractivity contribution is 0.0956. The third-order valence-corrected chi connectivity index (χ3v) is 4.32. The molecule has 2 N–H and O–H groups in total. The molecule has 2 aromatic carbocycles. The summed E-state index contributed by atoms with van der Waals surface area (Å²) in [5.74, 6) is -0.846. The molecule has 3 aromatic rings. The van der Waals surface area contributed by atoms with Crippen molar-refractivity contribution in [3.8, 4) is 0 Å². The Labute approximate surface area is 170 Å². The number of hydrogen-bond acceptors (Lipinski definition) is 4. The van der Waals surface area contributed by atoms with Crippen LogP contribution in [0.25, 0.3) is 0 Å². The summed E-state index contributed by atoms with van der Waals surface area (Å²) in [6.07, 6.45) is 3.09. The standard InChI is InChI=1S/C21H17BrN4O2/c1-14-5-7-15(8-6-14)13-24-26-20(27)17-12-16(22)9-10-18(17)25-21(28)19-4-2-3-11-23-19/h2-13H,1H3,(H,25,28)(H,26,27). The minimum absolute atomic E-state index is 0.258. The Balaban J connectivity index is 1.75. The van der Waals surface area contributed by atoms with E-state index in [1.165, 1.54) is 6.20 Å². The fourth-order valence-corrected chi connectivity index (χ4v) is 2.74. The Morgan fingerprint density at radius 2 is 1.82 bits per heavy atom. The third-order valence-electron chi connectivity index (χ3n) is 3.83. The summed E-state index contributed by atoms with van der Waals surface area (Å²) in [6.45, 7) is 2.00. The topological polar surface area (TPSA) is 83.5 Å². The highest BCUT2D eigenvalue weighted by Crippen LogP contribution is 2.21. The number of aryl methyl sites for hydroxylation is 1. The first kappa shape index (κ1) is 19.4. The van der Waals surface area contributed by atoms with Crippen molar-refractivity contribution >= 4 is 39.6 Å². The van der Waals surface area contributed by atoms with Crippen molar-refractivity contribution in [3.05, 3.63) is 93.7 Å². The highest BCUT2D eigenvalue weighted by atomic mass is 79.9. The van der Waals surface area contributed by atoms with E-state index in [0.717, 1.165) is 11.1 Å². The van der Waals surface area contributed by atoms with Gasteiger partial charge in [0.1, 0.15) is 5.69 Å². The zero-order valence-corrected chi connectivity index (χ0v) is 16.6. The molecular formula is C21H17BrN4O2. The number of hydrazone groups is 1. The van der Waals surface area contributed by atoms with Gasteiger partial charge in [0.2, 0.25) is 0 Å². The summed E-state index contributed by atoms with van der Waals surface area (Å²) in [6, 6.07) is 17.8. The Morgan fingerprint density at radius 1 is 1.04 bits per heavy atom. The number of halogens is 1. The maximum atomic E-state index is 12.6. The lowest BCUT2D eigenvalue weighted by Crippen LogP contribution is -2.21. The number of benzene rings is 2. The molecule has 1 aromatic heterocycles. The van der Waals surface area contributed by atoms with Crippen molar-refractivity contribution in [2.45, 2.75) is 6.92 Å². The molecule has 0 spiro atoms. The van der Waals surface area contributed by atoms with Gasteiger partial charge >= 0.3 is 0 Å². The number of carbonyl (C=O) groups excluding carboxylic acids is 2. The molecule has 0 aliphatic carbocycles. The van der Waals surface area contributed by atoms with Crippen LogP contribution < -0.4 is 10.7 Å². The SMILES string of the molecule is Cc1ccc(C=NNC(=O)c2cc(Br)ccc2NC(=O)c2ccccn2)cc1. The van der Waals surface area contributed by atoms with Crippen molar-refractivity contribution in [2.24, 2.45) is 5.10 Å². The van der Waals surface area contributed by atoms with Crippen molar-refractivity contribution in [1.82, 2.24) is 10.4 Å². The van der Waals surface area contributed by atoms with Gasteiger partial charge in [0.25, 0.3) is 11.8 Å². The van der Waals surface area contributed by atoms with Gasteiger partial charge in [0, 0.05) is 10.7 Å². The molecule has 0 fully saturated rings. The van der Waals surface area contributed by atoms with E-state index in [1.807, 2.05) is 31.2 Å². The van der Waals surface area contributed by atoms with E-state index >= 15 is 0 Å². The molecule has 2 amide bonds. The minimum Gasteiger partial charge on any atom is -0.320 e. The number of nitrogens with zero attached hydrogens (tertiary/aromatic N) is 2. The average Bonchev–Trinajstić information content (AvgIpc) is 2.71. The first-order valence-electron chi connectivity index (χ1n) is 8.45. The molecule has 3 rings (SSSR count). The lowest BCUT2D eigenvalue weighted by atomic mass is 10.1. The summed E-state index contributed by atoms with van der Waals surface area (Å²) in [7, 11) is 0. The molecule has 0 bridgehead atoms. The summed E-state index contributed by atoms with van der Waals surface area (Å²) in [4.78, 5) is 28.9. The highest BCUT2D eigenvalue weighted by molar-refractivity contribution is 9.10. The number of anilines is 1. The molecule has 7 heteroatoms. The monoisotopic (exact) mass is 436 g/mol. The smallest absolute Gasteiger partial charge is 0.274 e. The van der Waals surface area contributed by atoms with Crippen LogP contribution in [0.4, 0.5) is 5.69 Å². The van der Waals surface area contributed by atoms with Crippen LogP contribution in [-0.4, -0.2) is 23.0 Å². The van der Waals surface area contributed by atoms with Crippen molar-refractivity contribution < 1.29 is 9.59 Å². The molecule has 0 radical (unpaired) electrons. The zero-order chi connectivity index (χ0) is 19.9. The van der Waals surface area contributed by atoms with Gasteiger partial charge in [-0.3, -0.25) is 14.6 Å². The van der Waals surface area contributed by atoms with Gasteiger partial charge in [-0.2, -0.15) is 5.10 Å². The third kappa shape index (κ3) is 5.11. The van der Waals surface area contributed by atoms with Crippen molar-refractivity contribution in [2.75, 3.05) is 5.32 Å². The predicted octanol–water partition coefficient (Wildman–Crippen LogP) is 4.17. The molecular weight excluding hydrogens is 420 g/mol. The first-order valence-corrected chi connectivity index (χ1v) is 9.24. The van der Waals surface area contributed by atoms with E-state index in [4.69, 9.17) is 0 Å². The van der Waals surface area contributed by atoms with E-state index in [2.05, 4.69) is 36.8 Å². The Morgan fingerprint density at radius 3 is 2.54 bits per heavy atom. The number of aromatic nitrogens is 1. The van der Waals surface area contributed by atoms with Gasteiger partial charge < -0.3 is 5.32 Å². The van der Waals surface area contributed by atoms with Crippen LogP contribution in [0.15, 0.2) is 76.4 Å². The van der Waals surface area contributed by atoms with E-state index < -0.39 is 11.8 Å². The number of carbonyl (C=O) groups is 2. The second kappa shape index (κ2) is 9.05. The Bertz CT molecular complexity index is 1020. The van der Waals surface area contributed by atoms with Gasteiger partial charge in [-0.1, -0.05) is 51.8 Å². The largest absolute Gasteiger partial charge is 0.320 e. The van der Waals surface area contributed by atoms with Crippen molar-refractivity contribution in [3.63, 3.8) is 0 Å². The van der Waals surface area contributed by atoms with Crippen LogP contribution in [-0.2, 0) is 0 Å². The Hall–Kier alpha value is -3.32. The molecule has 0 aliphatic rings. The number of hydrogen-bond donors (Lipinski definition) is 2. The number of pyridine rings is 1. The second-order valence-corrected chi connectivity index (χ2v) is 6.88. The molecule has 140 valence electrons. The fraction of sp³-hybridized carbons (Fsp3) is 0.0476. The maximum Gasteiger partial charge on any atom is 0.274 e. The van der Waals surface area contributed by atoms with Crippen molar-refractivity contribution in [1.29, 1.82) is 0 Å². The molecule has 0 unspecified atom stereocenters. The van der Waals surface area contributed by atoms with Crippen LogP contribution in [0, 0.1) is 6.92 Å². The molecule has 0 saturated carbocycles. The molecule has 1 heterocycles. The van der Waals surface area contributed by atoms with Crippen LogP contribution in [0.2, 0.25) is 0 Å². The summed E-state index contributed by atoms with van der Waals surface area (Å²) in [5.41, 5.74) is 5.39. The van der Waals surface area contributed by atoms with E-state index in [-0.39, 0.29) is 11.3 Å². The van der Waals surface area contributed by atoms with E-state index in [1.54, 1.807) is 42.6 Å². The molecule has 0 aliphatic heterocycles. The van der Waals surface area contributed by atoms with Gasteiger partial charge in [-0.15, -0.1) is 0 Å². The predicted molar refractivity (Wildman–Crippen MR) is 113 cm³/mol. The van der Waals surface area contributed by atoms with Gasteiger partial charge in [0.05, 0.1) is 17.5 Å². The quantitative estimate of drug-likeness (QED) is 0.464. The average molecular weight is 437 g/mol. The first-order chi connectivity index (χ1) is 13.5. The Kier molecular flexibility index (Phi) is 6.29. The highest BCUT2D eigenvalue weighted by Gasteiger charge is 2.15. The summed E-state index contributed by atoms with van der Waals surface area (Å²) >= 11 is 3.34. The van der Waals surface area contributed by atoms with Gasteiger partial charge in [-0.05, 0) is 42.8 Å². The normalized spacial score (nSPS) is 10.6. The molecule has 0 saturated heterocycles. The van der Waals surface area contributed by atoms with Crippen LogP contribution >= 0.6 is 15.9 Å². The lowest BCUT2D eigenvalue weighted by Gasteiger charge is -2.10. The second-order valence-electron chi connectivity index (χ2n) is 5.97. The van der Waals surface area contributed by atoms with Gasteiger partial charge in [0.15, 0.2) is 0 Å². The van der Waals surface area contributed by atoms with Crippen LogP contribution in [0.1, 0.15) is 32.0 Å². The molecule has 28 heavy (non-hydrogen) atoms. The van der Waals surface area contributed by atoms with Crippen LogP contribution in [0.5, 0.6) is 0 Å². The van der Waals surface area contributed by atoms with Gasteiger partial charge in [-0.25, -0.2) is 5.43 Å².